The number of carbonyl (C=O) groups is 1. The van der Waals surface area contributed by atoms with Gasteiger partial charge in [0.1, 0.15) is 4.60 Å². The first-order valence-electron chi connectivity index (χ1n) is 2.80. The minimum Gasteiger partial charge on any atom is -0.504 e. The third-order valence-electron chi connectivity index (χ3n) is 1.12. The van der Waals surface area contributed by atoms with Gasteiger partial charge < -0.3 is 10.2 Å². The minimum atomic E-state index is -1.14. The van der Waals surface area contributed by atoms with Gasteiger partial charge in [-0.2, -0.15) is 0 Å². The van der Waals surface area contributed by atoms with Gasteiger partial charge in [-0.3, -0.25) is 0 Å². The molecule has 6 heteroatoms. The standard InChI is InChI=1S/C6H3Br2NO3/c7-2-1-3(6(11)12)9-5(8)4(2)10/h1,10H,(H,11,12). The van der Waals surface area contributed by atoms with Crippen molar-refractivity contribution in [3.63, 3.8) is 0 Å². The fourth-order valence-electron chi connectivity index (χ4n) is 0.587. The molecule has 1 aromatic heterocycles. The average molecular weight is 297 g/mol. The molecule has 0 atom stereocenters. The van der Waals surface area contributed by atoms with Crippen LogP contribution in [0.2, 0.25) is 0 Å². The van der Waals surface area contributed by atoms with Crippen LogP contribution >= 0.6 is 31.9 Å². The Morgan fingerprint density at radius 3 is 2.50 bits per heavy atom. The summed E-state index contributed by atoms with van der Waals surface area (Å²) in [5.41, 5.74) is -0.133. The largest absolute Gasteiger partial charge is 0.504 e. The van der Waals surface area contributed by atoms with E-state index in [-0.39, 0.29) is 16.0 Å². The maximum atomic E-state index is 10.4. The molecule has 0 unspecified atom stereocenters. The zero-order valence-corrected chi connectivity index (χ0v) is 8.76. The fraction of sp³-hybridized carbons (Fsp3) is 0. The maximum Gasteiger partial charge on any atom is 0.354 e. The molecule has 0 aromatic carbocycles. The number of hydrogen-bond donors (Lipinski definition) is 2. The molecular weight excluding hydrogens is 294 g/mol. The van der Waals surface area contributed by atoms with E-state index in [2.05, 4.69) is 36.8 Å². The van der Waals surface area contributed by atoms with Gasteiger partial charge >= 0.3 is 5.97 Å². The van der Waals surface area contributed by atoms with Crippen LogP contribution in [-0.2, 0) is 0 Å². The molecule has 0 aliphatic heterocycles. The van der Waals surface area contributed by atoms with Gasteiger partial charge in [-0.15, -0.1) is 0 Å². The summed E-state index contributed by atoms with van der Waals surface area (Å²) in [4.78, 5) is 14.0. The topological polar surface area (TPSA) is 70.4 Å². The number of carboxylic acid groups (broad SMARTS) is 1. The van der Waals surface area contributed by atoms with Gasteiger partial charge in [0.2, 0.25) is 0 Å². The lowest BCUT2D eigenvalue weighted by atomic mass is 10.3. The van der Waals surface area contributed by atoms with E-state index < -0.39 is 5.97 Å². The molecular formula is C6H3Br2NO3. The molecule has 0 radical (unpaired) electrons. The number of rotatable bonds is 1. The SMILES string of the molecule is O=C(O)c1cc(Br)c(O)c(Br)n1. The first-order valence-corrected chi connectivity index (χ1v) is 4.39. The van der Waals surface area contributed by atoms with Crippen molar-refractivity contribution >= 4 is 37.8 Å². The number of aromatic carboxylic acids is 1. The van der Waals surface area contributed by atoms with Gasteiger partial charge in [-0.05, 0) is 37.9 Å². The fourth-order valence-corrected chi connectivity index (χ4v) is 1.66. The van der Waals surface area contributed by atoms with Crippen molar-refractivity contribution in [2.24, 2.45) is 0 Å². The Morgan fingerprint density at radius 1 is 1.50 bits per heavy atom. The van der Waals surface area contributed by atoms with E-state index in [0.717, 1.165) is 0 Å². The van der Waals surface area contributed by atoms with Gasteiger partial charge in [0.15, 0.2) is 11.4 Å². The van der Waals surface area contributed by atoms with Crippen molar-refractivity contribution < 1.29 is 15.0 Å². The van der Waals surface area contributed by atoms with E-state index in [1.807, 2.05) is 0 Å². The van der Waals surface area contributed by atoms with Crippen LogP contribution in [0.4, 0.5) is 0 Å². The second kappa shape index (κ2) is 3.40. The lowest BCUT2D eigenvalue weighted by Gasteiger charge is -2.00. The van der Waals surface area contributed by atoms with Crippen LogP contribution in [0.1, 0.15) is 10.5 Å². The van der Waals surface area contributed by atoms with Crippen LogP contribution in [0.3, 0.4) is 0 Å². The van der Waals surface area contributed by atoms with Gasteiger partial charge in [0.25, 0.3) is 0 Å². The second-order valence-corrected chi connectivity index (χ2v) is 3.54. The van der Waals surface area contributed by atoms with E-state index in [0.29, 0.717) is 4.47 Å². The van der Waals surface area contributed by atoms with Crippen LogP contribution in [0, 0.1) is 0 Å². The predicted molar refractivity (Wildman–Crippen MR) is 48.3 cm³/mol. The summed E-state index contributed by atoms with van der Waals surface area (Å²) in [5, 5.41) is 17.7. The van der Waals surface area contributed by atoms with E-state index >= 15 is 0 Å². The molecule has 64 valence electrons. The zero-order valence-electron chi connectivity index (χ0n) is 5.58. The number of halogens is 2. The Morgan fingerprint density at radius 2 is 2.08 bits per heavy atom. The number of hydrogen-bond acceptors (Lipinski definition) is 3. The lowest BCUT2D eigenvalue weighted by molar-refractivity contribution is 0.0690. The van der Waals surface area contributed by atoms with E-state index in [9.17, 15) is 4.79 Å². The Hall–Kier alpha value is -0.620. The Bertz CT molecular complexity index is 317. The van der Waals surface area contributed by atoms with Crippen molar-refractivity contribution in [3.05, 3.63) is 20.8 Å². The van der Waals surface area contributed by atoms with E-state index in [1.165, 1.54) is 6.07 Å². The highest BCUT2D eigenvalue weighted by molar-refractivity contribution is 9.11. The third-order valence-corrected chi connectivity index (χ3v) is 2.28. The first kappa shape index (κ1) is 9.47. The highest BCUT2D eigenvalue weighted by atomic mass is 79.9. The summed E-state index contributed by atoms with van der Waals surface area (Å²) in [6.07, 6.45) is 0. The first-order chi connectivity index (χ1) is 5.52. The number of carboxylic acids is 1. The number of nitrogens with zero attached hydrogens (tertiary/aromatic N) is 1. The van der Waals surface area contributed by atoms with Crippen LogP contribution in [-0.4, -0.2) is 21.2 Å². The molecule has 12 heavy (non-hydrogen) atoms. The van der Waals surface area contributed by atoms with Crippen LogP contribution in [0.15, 0.2) is 15.1 Å². The zero-order chi connectivity index (χ0) is 9.30. The van der Waals surface area contributed by atoms with Crippen molar-refractivity contribution in [1.82, 2.24) is 4.98 Å². The molecule has 1 aromatic rings. The van der Waals surface area contributed by atoms with Gasteiger partial charge in [0, 0.05) is 0 Å². The van der Waals surface area contributed by atoms with Gasteiger partial charge in [0.05, 0.1) is 4.47 Å². The highest BCUT2D eigenvalue weighted by Gasteiger charge is 2.11. The van der Waals surface area contributed by atoms with Crippen molar-refractivity contribution in [3.8, 4) is 5.75 Å². The number of pyridine rings is 1. The highest BCUT2D eigenvalue weighted by Crippen LogP contribution is 2.30. The molecule has 0 spiro atoms. The molecule has 0 fully saturated rings. The van der Waals surface area contributed by atoms with Crippen molar-refractivity contribution in [1.29, 1.82) is 0 Å². The average Bonchev–Trinajstić information content (AvgIpc) is 1.99. The van der Waals surface area contributed by atoms with Crippen molar-refractivity contribution in [2.45, 2.75) is 0 Å². The Kier molecular flexibility index (Phi) is 2.69. The smallest absolute Gasteiger partial charge is 0.354 e. The summed E-state index contributed by atoms with van der Waals surface area (Å²) in [6, 6.07) is 1.22. The van der Waals surface area contributed by atoms with Crippen LogP contribution < -0.4 is 0 Å². The van der Waals surface area contributed by atoms with Crippen LogP contribution in [0.25, 0.3) is 0 Å². The van der Waals surface area contributed by atoms with Gasteiger partial charge in [-0.1, -0.05) is 0 Å². The summed E-state index contributed by atoms with van der Waals surface area (Å²) in [6.45, 7) is 0. The molecule has 0 aliphatic rings. The number of aromatic hydroxyl groups is 1. The molecule has 0 saturated heterocycles. The summed E-state index contributed by atoms with van der Waals surface area (Å²) in [5.74, 6) is -1.25. The lowest BCUT2D eigenvalue weighted by Crippen LogP contribution is -2.00. The maximum absolute atomic E-state index is 10.4. The molecule has 4 nitrogen and oxygen atoms in total. The second-order valence-electron chi connectivity index (χ2n) is 1.93. The molecule has 1 heterocycles. The minimum absolute atomic E-state index is 0.106. The normalized spacial score (nSPS) is 9.83. The Balaban J connectivity index is 3.31. The van der Waals surface area contributed by atoms with E-state index in [4.69, 9.17) is 10.2 Å². The molecule has 0 bridgehead atoms. The number of aromatic nitrogens is 1. The van der Waals surface area contributed by atoms with Gasteiger partial charge in [-0.25, -0.2) is 9.78 Å². The monoisotopic (exact) mass is 295 g/mol. The Labute approximate surface area is 84.5 Å². The molecule has 0 aliphatic carbocycles. The molecule has 2 N–H and O–H groups in total. The van der Waals surface area contributed by atoms with Crippen LogP contribution in [0.5, 0.6) is 5.75 Å². The summed E-state index contributed by atoms with van der Waals surface area (Å²) >= 11 is 5.89. The quantitative estimate of drug-likeness (QED) is 0.778. The molecule has 0 amide bonds. The summed E-state index contributed by atoms with van der Waals surface area (Å²) < 4.78 is 0.399. The predicted octanol–water partition coefficient (Wildman–Crippen LogP) is 2.01. The summed E-state index contributed by atoms with van der Waals surface area (Å²) in [7, 11) is 0. The molecule has 1 rings (SSSR count). The molecule has 0 saturated carbocycles. The van der Waals surface area contributed by atoms with E-state index in [1.54, 1.807) is 0 Å². The van der Waals surface area contributed by atoms with Crippen molar-refractivity contribution in [2.75, 3.05) is 0 Å². The third kappa shape index (κ3) is 1.75.